The van der Waals surface area contributed by atoms with Crippen molar-refractivity contribution in [1.29, 1.82) is 5.26 Å². The summed E-state index contributed by atoms with van der Waals surface area (Å²) >= 11 is 0. The van der Waals surface area contributed by atoms with Gasteiger partial charge in [-0.25, -0.2) is 4.79 Å². The largest absolute Gasteiger partial charge is 0.467 e. The Morgan fingerprint density at radius 1 is 1.39 bits per heavy atom. The summed E-state index contributed by atoms with van der Waals surface area (Å²) in [7, 11) is 1.14. The lowest BCUT2D eigenvalue weighted by molar-refractivity contribution is -0.166. The van der Waals surface area contributed by atoms with Crippen LogP contribution in [-0.4, -0.2) is 24.0 Å². The van der Waals surface area contributed by atoms with Crippen molar-refractivity contribution in [2.75, 3.05) is 7.11 Å². The van der Waals surface area contributed by atoms with Crippen LogP contribution in [-0.2, 0) is 19.9 Å². The van der Waals surface area contributed by atoms with Gasteiger partial charge in [0.1, 0.15) is 5.78 Å². The van der Waals surface area contributed by atoms with Crippen molar-refractivity contribution in [2.24, 2.45) is 0 Å². The van der Waals surface area contributed by atoms with Crippen LogP contribution in [0.4, 0.5) is 0 Å². The van der Waals surface area contributed by atoms with Crippen LogP contribution < -0.4 is 0 Å². The molecule has 0 aliphatic carbocycles. The Morgan fingerprint density at radius 3 is 2.33 bits per heavy atom. The number of benzene rings is 1. The lowest BCUT2D eigenvalue weighted by Crippen LogP contribution is -2.38. The summed E-state index contributed by atoms with van der Waals surface area (Å²) < 4.78 is 4.52. The zero-order valence-electron chi connectivity index (χ0n) is 10.1. The maximum atomic E-state index is 11.6. The van der Waals surface area contributed by atoms with E-state index in [4.69, 9.17) is 5.26 Å². The van der Waals surface area contributed by atoms with Gasteiger partial charge in [0.25, 0.3) is 0 Å². The number of rotatable bonds is 4. The Balaban J connectivity index is 3.21. The van der Waals surface area contributed by atoms with Gasteiger partial charge < -0.3 is 9.84 Å². The molecule has 0 unspecified atom stereocenters. The second-order valence-electron chi connectivity index (χ2n) is 3.92. The van der Waals surface area contributed by atoms with E-state index in [0.717, 1.165) is 7.11 Å². The first kappa shape index (κ1) is 13.9. The van der Waals surface area contributed by atoms with E-state index in [1.165, 1.54) is 31.2 Å². The molecule has 5 nitrogen and oxygen atoms in total. The smallest absolute Gasteiger partial charge is 0.343 e. The molecule has 1 rings (SSSR count). The number of ketones is 1. The maximum absolute atomic E-state index is 11.6. The van der Waals surface area contributed by atoms with Crippen LogP contribution in [0, 0.1) is 11.3 Å². The van der Waals surface area contributed by atoms with Gasteiger partial charge in [0, 0.05) is 6.42 Å². The van der Waals surface area contributed by atoms with Crippen molar-refractivity contribution < 1.29 is 19.4 Å². The number of nitriles is 1. The van der Waals surface area contributed by atoms with E-state index in [1.54, 1.807) is 0 Å². The van der Waals surface area contributed by atoms with Gasteiger partial charge in [-0.15, -0.1) is 0 Å². The summed E-state index contributed by atoms with van der Waals surface area (Å²) in [6.45, 7) is 1.28. The molecule has 5 heteroatoms. The van der Waals surface area contributed by atoms with Gasteiger partial charge >= 0.3 is 5.97 Å². The number of Topliss-reactive ketones (excluding diaryl/α,β-unsaturated/α-hetero) is 1. The number of esters is 1. The van der Waals surface area contributed by atoms with Crippen LogP contribution in [0.1, 0.15) is 24.5 Å². The highest BCUT2D eigenvalue weighted by Gasteiger charge is 2.40. The normalized spacial score (nSPS) is 13.2. The molecule has 18 heavy (non-hydrogen) atoms. The van der Waals surface area contributed by atoms with Crippen molar-refractivity contribution in [3.05, 3.63) is 35.4 Å². The average Bonchev–Trinajstić information content (AvgIpc) is 2.36. The lowest BCUT2D eigenvalue weighted by Gasteiger charge is -2.24. The summed E-state index contributed by atoms with van der Waals surface area (Å²) in [5, 5.41) is 19.0. The van der Waals surface area contributed by atoms with Crippen molar-refractivity contribution in [1.82, 2.24) is 0 Å². The summed E-state index contributed by atoms with van der Waals surface area (Å²) in [5.74, 6) is -1.24. The van der Waals surface area contributed by atoms with Crippen molar-refractivity contribution in [3.63, 3.8) is 0 Å². The standard InChI is InChI=1S/C13H13NO4/c1-9(15)7-13(17,12(16)18-2)11-5-3-10(8-14)4-6-11/h3-6,17H,7H2,1-2H3/t13-/m0/s1. The molecule has 0 aliphatic rings. The lowest BCUT2D eigenvalue weighted by atomic mass is 9.88. The SMILES string of the molecule is COC(=O)[C@](O)(CC(C)=O)c1ccc(C#N)cc1. The van der Waals surface area contributed by atoms with Crippen molar-refractivity contribution in [2.45, 2.75) is 18.9 Å². The molecule has 0 aromatic heterocycles. The highest BCUT2D eigenvalue weighted by molar-refractivity contribution is 5.88. The van der Waals surface area contributed by atoms with Crippen LogP contribution in [0.5, 0.6) is 0 Å². The number of hydrogen-bond acceptors (Lipinski definition) is 5. The van der Waals surface area contributed by atoms with Gasteiger partial charge in [0.2, 0.25) is 0 Å². The van der Waals surface area contributed by atoms with E-state index in [1.807, 2.05) is 6.07 Å². The Morgan fingerprint density at radius 2 is 1.94 bits per heavy atom. The zero-order valence-corrected chi connectivity index (χ0v) is 10.1. The predicted octanol–water partition coefficient (Wildman–Crippen LogP) is 0.898. The van der Waals surface area contributed by atoms with Gasteiger partial charge in [-0.05, 0) is 24.6 Å². The highest BCUT2D eigenvalue weighted by Crippen LogP contribution is 2.27. The molecule has 0 aliphatic heterocycles. The third kappa shape index (κ3) is 2.73. The molecule has 0 amide bonds. The Hall–Kier alpha value is -2.19. The monoisotopic (exact) mass is 247 g/mol. The molecule has 0 saturated carbocycles. The minimum absolute atomic E-state index is 0.226. The van der Waals surface area contributed by atoms with Crippen LogP contribution in [0.2, 0.25) is 0 Å². The van der Waals surface area contributed by atoms with Crippen LogP contribution in [0.15, 0.2) is 24.3 Å². The van der Waals surface area contributed by atoms with E-state index >= 15 is 0 Å². The number of carbonyl (C=O) groups excluding carboxylic acids is 2. The molecule has 0 fully saturated rings. The highest BCUT2D eigenvalue weighted by atomic mass is 16.5. The minimum atomic E-state index is -2.01. The molecule has 94 valence electrons. The molecule has 0 bridgehead atoms. The molecule has 0 spiro atoms. The van der Waals surface area contributed by atoms with Gasteiger partial charge in [-0.1, -0.05) is 12.1 Å². The number of aliphatic hydroxyl groups is 1. The summed E-state index contributed by atoms with van der Waals surface area (Å²) in [6.07, 6.45) is -0.369. The van der Waals surface area contributed by atoms with Crippen LogP contribution in [0.25, 0.3) is 0 Å². The maximum Gasteiger partial charge on any atom is 0.343 e. The van der Waals surface area contributed by atoms with Crippen LogP contribution >= 0.6 is 0 Å². The van der Waals surface area contributed by atoms with Gasteiger partial charge in [0.05, 0.1) is 18.7 Å². The van der Waals surface area contributed by atoms with Gasteiger partial charge in [0.15, 0.2) is 5.60 Å². The Labute approximate surface area is 105 Å². The Kier molecular flexibility index (Phi) is 4.18. The summed E-state index contributed by atoms with van der Waals surface area (Å²) in [4.78, 5) is 22.8. The summed E-state index contributed by atoms with van der Waals surface area (Å²) in [6, 6.07) is 7.71. The second-order valence-corrected chi connectivity index (χ2v) is 3.92. The molecule has 1 aromatic rings. The fourth-order valence-corrected chi connectivity index (χ4v) is 1.64. The molecule has 0 saturated heterocycles. The average molecular weight is 247 g/mol. The molecule has 1 N–H and O–H groups in total. The van der Waals surface area contributed by atoms with E-state index in [2.05, 4.69) is 4.74 Å². The topological polar surface area (TPSA) is 87.4 Å². The molecule has 0 radical (unpaired) electrons. The van der Waals surface area contributed by atoms with E-state index < -0.39 is 11.6 Å². The molecule has 1 atom stereocenters. The Bertz CT molecular complexity index is 501. The van der Waals surface area contributed by atoms with E-state index in [0.29, 0.717) is 5.56 Å². The number of methoxy groups -OCH3 is 1. The molecular formula is C13H13NO4. The fraction of sp³-hybridized carbons (Fsp3) is 0.308. The van der Waals surface area contributed by atoms with E-state index in [9.17, 15) is 14.7 Å². The quantitative estimate of drug-likeness (QED) is 0.798. The third-order valence-corrected chi connectivity index (χ3v) is 2.52. The molecule has 1 aromatic carbocycles. The van der Waals surface area contributed by atoms with Gasteiger partial charge in [-0.2, -0.15) is 5.26 Å². The summed E-state index contributed by atoms with van der Waals surface area (Å²) in [5.41, 5.74) is -1.38. The second kappa shape index (κ2) is 5.43. The van der Waals surface area contributed by atoms with Crippen LogP contribution in [0.3, 0.4) is 0 Å². The number of hydrogen-bond donors (Lipinski definition) is 1. The molecule has 0 heterocycles. The third-order valence-electron chi connectivity index (χ3n) is 2.52. The van der Waals surface area contributed by atoms with Gasteiger partial charge in [-0.3, -0.25) is 4.79 Å². The number of nitrogens with zero attached hydrogens (tertiary/aromatic N) is 1. The number of carbonyl (C=O) groups is 2. The first-order valence-electron chi connectivity index (χ1n) is 5.25. The van der Waals surface area contributed by atoms with Crippen molar-refractivity contribution in [3.8, 4) is 6.07 Å². The zero-order chi connectivity index (χ0) is 13.8. The minimum Gasteiger partial charge on any atom is -0.467 e. The fourth-order valence-electron chi connectivity index (χ4n) is 1.64. The van der Waals surface area contributed by atoms with Crippen molar-refractivity contribution >= 4 is 11.8 Å². The predicted molar refractivity (Wildman–Crippen MR) is 62.4 cm³/mol. The molecular weight excluding hydrogens is 234 g/mol. The number of ether oxygens (including phenoxy) is 1. The van der Waals surface area contributed by atoms with E-state index in [-0.39, 0.29) is 17.8 Å². The first-order valence-corrected chi connectivity index (χ1v) is 5.25. The first-order chi connectivity index (χ1) is 8.43.